The van der Waals surface area contributed by atoms with Gasteiger partial charge in [0.2, 0.25) is 10.0 Å². The van der Waals surface area contributed by atoms with Gasteiger partial charge in [0.05, 0.1) is 5.75 Å². The predicted molar refractivity (Wildman–Crippen MR) is 77.5 cm³/mol. The molecule has 1 aromatic carbocycles. The van der Waals surface area contributed by atoms with Crippen LogP contribution in [-0.4, -0.2) is 37.3 Å². The summed E-state index contributed by atoms with van der Waals surface area (Å²) in [5, 5.41) is 0. The fraction of sp³-hybridized carbons (Fsp3) is 0.500. The number of alkyl halides is 1. The van der Waals surface area contributed by atoms with Crippen molar-refractivity contribution in [1.29, 1.82) is 0 Å². The molecule has 1 aliphatic heterocycles. The van der Waals surface area contributed by atoms with E-state index in [9.17, 15) is 8.42 Å². The molecule has 0 radical (unpaired) electrons. The van der Waals surface area contributed by atoms with Gasteiger partial charge in [0, 0.05) is 30.5 Å². The van der Waals surface area contributed by atoms with Gasteiger partial charge in [-0.05, 0) is 11.1 Å². The minimum atomic E-state index is -3.18. The summed E-state index contributed by atoms with van der Waals surface area (Å²) in [5.41, 5.74) is 1.77. The second-order valence-corrected chi connectivity index (χ2v) is 7.68. The maximum atomic E-state index is 12.2. The number of halogens is 1. The first-order valence-electron chi connectivity index (χ1n) is 5.81. The van der Waals surface area contributed by atoms with Gasteiger partial charge in [0.15, 0.2) is 0 Å². The summed E-state index contributed by atoms with van der Waals surface area (Å²) in [5.74, 6) is 2.26. The first-order valence-corrected chi connectivity index (χ1v) is 9.11. The predicted octanol–water partition coefficient (Wildman–Crippen LogP) is 2.30. The molecule has 3 nitrogen and oxygen atoms in total. The normalized spacial score (nSPS) is 17.8. The van der Waals surface area contributed by atoms with Crippen molar-refractivity contribution < 1.29 is 8.42 Å². The Morgan fingerprint density at radius 2 is 1.89 bits per heavy atom. The van der Waals surface area contributed by atoms with Gasteiger partial charge in [-0.3, -0.25) is 0 Å². The van der Waals surface area contributed by atoms with Crippen molar-refractivity contribution in [2.24, 2.45) is 0 Å². The molecule has 0 N–H and O–H groups in total. The molecule has 0 atom stereocenters. The first kappa shape index (κ1) is 14.2. The van der Waals surface area contributed by atoms with Crippen LogP contribution in [0, 0.1) is 0 Å². The molecule has 0 saturated carbocycles. The summed E-state index contributed by atoms with van der Waals surface area (Å²) in [6.45, 7) is 1.25. The lowest BCUT2D eigenvalue weighted by Crippen LogP contribution is -2.38. The largest absolute Gasteiger partial charge is 0.218 e. The Morgan fingerprint density at radius 3 is 2.56 bits per heavy atom. The van der Waals surface area contributed by atoms with Gasteiger partial charge in [0.25, 0.3) is 0 Å². The number of rotatable bonds is 4. The maximum absolute atomic E-state index is 12.2. The van der Waals surface area contributed by atoms with Crippen LogP contribution in [0.15, 0.2) is 24.3 Å². The lowest BCUT2D eigenvalue weighted by Gasteiger charge is -2.25. The van der Waals surface area contributed by atoms with Crippen LogP contribution in [0.3, 0.4) is 0 Å². The number of hydrogen-bond donors (Lipinski definition) is 0. The van der Waals surface area contributed by atoms with E-state index >= 15 is 0 Å². The van der Waals surface area contributed by atoms with E-state index in [1.807, 2.05) is 24.3 Å². The van der Waals surface area contributed by atoms with E-state index in [0.717, 1.165) is 22.6 Å². The van der Waals surface area contributed by atoms with E-state index in [1.165, 1.54) is 0 Å². The van der Waals surface area contributed by atoms with Gasteiger partial charge in [-0.25, -0.2) is 8.42 Å². The molecule has 2 rings (SSSR count). The topological polar surface area (TPSA) is 37.4 Å². The monoisotopic (exact) mass is 305 g/mol. The Labute approximate surface area is 118 Å². The second kappa shape index (κ2) is 6.28. The fourth-order valence-electron chi connectivity index (χ4n) is 1.93. The Hall–Kier alpha value is -0.230. The van der Waals surface area contributed by atoms with Crippen LogP contribution in [-0.2, 0) is 21.7 Å². The van der Waals surface area contributed by atoms with Crippen molar-refractivity contribution >= 4 is 33.4 Å². The molecular formula is C12H16ClNO2S2. The van der Waals surface area contributed by atoms with E-state index in [2.05, 4.69) is 0 Å². The van der Waals surface area contributed by atoms with Crippen LogP contribution in [0.1, 0.15) is 11.1 Å². The van der Waals surface area contributed by atoms with E-state index in [0.29, 0.717) is 19.0 Å². The zero-order valence-corrected chi connectivity index (χ0v) is 12.4. The molecular weight excluding hydrogens is 290 g/mol. The highest BCUT2D eigenvalue weighted by atomic mass is 35.5. The Bertz CT molecular complexity index is 499. The van der Waals surface area contributed by atoms with Gasteiger partial charge < -0.3 is 0 Å². The third-order valence-electron chi connectivity index (χ3n) is 2.86. The van der Waals surface area contributed by atoms with Gasteiger partial charge in [-0.15, -0.1) is 11.6 Å². The first-order chi connectivity index (χ1) is 8.62. The molecule has 18 heavy (non-hydrogen) atoms. The van der Waals surface area contributed by atoms with Crippen molar-refractivity contribution in [3.8, 4) is 0 Å². The van der Waals surface area contributed by atoms with Crippen LogP contribution < -0.4 is 0 Å². The van der Waals surface area contributed by atoms with Crippen molar-refractivity contribution in [3.63, 3.8) is 0 Å². The molecule has 1 saturated heterocycles. The SMILES string of the molecule is O=S(=O)(Cc1cccc(CCl)c1)N1CCSCC1. The third-order valence-corrected chi connectivity index (χ3v) is 5.96. The summed E-state index contributed by atoms with van der Waals surface area (Å²) in [6.07, 6.45) is 0. The van der Waals surface area contributed by atoms with Gasteiger partial charge >= 0.3 is 0 Å². The van der Waals surface area contributed by atoms with Crippen LogP contribution in [0.4, 0.5) is 0 Å². The van der Waals surface area contributed by atoms with Crippen LogP contribution in [0.25, 0.3) is 0 Å². The number of sulfonamides is 1. The summed E-state index contributed by atoms with van der Waals surface area (Å²) in [7, 11) is -3.18. The summed E-state index contributed by atoms with van der Waals surface area (Å²) in [6, 6.07) is 7.46. The van der Waals surface area contributed by atoms with E-state index < -0.39 is 10.0 Å². The number of hydrogen-bond acceptors (Lipinski definition) is 3. The second-order valence-electron chi connectivity index (χ2n) is 4.22. The number of nitrogens with zero attached hydrogens (tertiary/aromatic N) is 1. The Balaban J connectivity index is 2.11. The molecule has 1 aromatic rings. The van der Waals surface area contributed by atoms with Crippen LogP contribution in [0.5, 0.6) is 0 Å². The summed E-state index contributed by atoms with van der Waals surface area (Å²) < 4.78 is 26.1. The summed E-state index contributed by atoms with van der Waals surface area (Å²) in [4.78, 5) is 0. The highest BCUT2D eigenvalue weighted by Crippen LogP contribution is 2.17. The highest BCUT2D eigenvalue weighted by Gasteiger charge is 2.24. The molecule has 6 heteroatoms. The smallest absolute Gasteiger partial charge is 0.212 e. The molecule has 100 valence electrons. The van der Waals surface area contributed by atoms with E-state index in [1.54, 1.807) is 16.1 Å². The van der Waals surface area contributed by atoms with Gasteiger partial charge in [-0.1, -0.05) is 24.3 Å². The Kier molecular flexibility index (Phi) is 4.95. The molecule has 1 heterocycles. The fourth-order valence-corrected chi connectivity index (χ4v) is 4.75. The maximum Gasteiger partial charge on any atom is 0.218 e. The average molecular weight is 306 g/mol. The quantitative estimate of drug-likeness (QED) is 0.801. The number of benzene rings is 1. The highest BCUT2D eigenvalue weighted by molar-refractivity contribution is 7.99. The zero-order chi connectivity index (χ0) is 13.0. The van der Waals surface area contributed by atoms with Crippen LogP contribution >= 0.6 is 23.4 Å². The molecule has 0 aliphatic carbocycles. The molecule has 0 aromatic heterocycles. The van der Waals surface area contributed by atoms with Crippen LogP contribution in [0.2, 0.25) is 0 Å². The van der Waals surface area contributed by atoms with E-state index in [-0.39, 0.29) is 5.75 Å². The molecule has 1 aliphatic rings. The van der Waals surface area contributed by atoms with Crippen molar-refractivity contribution in [2.45, 2.75) is 11.6 Å². The minimum Gasteiger partial charge on any atom is -0.212 e. The zero-order valence-electron chi connectivity index (χ0n) is 10.0. The molecule has 1 fully saturated rings. The van der Waals surface area contributed by atoms with Gasteiger partial charge in [-0.2, -0.15) is 16.1 Å². The number of thioether (sulfide) groups is 1. The van der Waals surface area contributed by atoms with Crippen molar-refractivity contribution in [3.05, 3.63) is 35.4 Å². The lowest BCUT2D eigenvalue weighted by molar-refractivity contribution is 0.443. The van der Waals surface area contributed by atoms with Crippen molar-refractivity contribution in [2.75, 3.05) is 24.6 Å². The van der Waals surface area contributed by atoms with Crippen molar-refractivity contribution in [1.82, 2.24) is 4.31 Å². The molecule has 0 spiro atoms. The molecule has 0 amide bonds. The van der Waals surface area contributed by atoms with Gasteiger partial charge in [0.1, 0.15) is 0 Å². The lowest BCUT2D eigenvalue weighted by atomic mass is 10.2. The molecule has 0 bridgehead atoms. The molecule has 0 unspecified atom stereocenters. The Morgan fingerprint density at radius 1 is 1.22 bits per heavy atom. The third kappa shape index (κ3) is 3.63. The summed E-state index contributed by atoms with van der Waals surface area (Å²) >= 11 is 7.56. The standard InChI is InChI=1S/C12H16ClNO2S2/c13-9-11-2-1-3-12(8-11)10-18(15,16)14-4-6-17-7-5-14/h1-3,8H,4-7,9-10H2. The van der Waals surface area contributed by atoms with E-state index in [4.69, 9.17) is 11.6 Å². The average Bonchev–Trinajstić information content (AvgIpc) is 2.39. The minimum absolute atomic E-state index is 0.0718.